The van der Waals surface area contributed by atoms with Crippen LogP contribution in [-0.2, 0) is 17.8 Å². The maximum Gasteiger partial charge on any atom is 0.194 e. The lowest BCUT2D eigenvalue weighted by molar-refractivity contribution is -0.0502. The highest BCUT2D eigenvalue weighted by atomic mass is 127. The third kappa shape index (κ3) is 5.82. The van der Waals surface area contributed by atoms with Gasteiger partial charge >= 0.3 is 0 Å². The number of likely N-dealkylation sites (tertiary alicyclic amines) is 1. The van der Waals surface area contributed by atoms with E-state index in [9.17, 15) is 0 Å². The quantitative estimate of drug-likeness (QED) is 0.319. The van der Waals surface area contributed by atoms with Crippen LogP contribution in [0.3, 0.4) is 0 Å². The van der Waals surface area contributed by atoms with Crippen LogP contribution in [0.4, 0.5) is 0 Å². The minimum atomic E-state index is 0. The molecule has 8 heteroatoms. The molecule has 176 valence electrons. The molecule has 4 rings (SSSR count). The Bertz CT molecular complexity index is 855. The molecule has 0 saturated carbocycles. The maximum atomic E-state index is 6.12. The van der Waals surface area contributed by atoms with Crippen molar-refractivity contribution in [2.24, 2.45) is 4.99 Å². The van der Waals surface area contributed by atoms with E-state index in [4.69, 9.17) is 9.26 Å². The van der Waals surface area contributed by atoms with Crippen molar-refractivity contribution in [3.05, 3.63) is 53.4 Å². The predicted octanol–water partition coefficient (Wildman–Crippen LogP) is 3.86. The standard InChI is InChI=1S/C24H35N5O2.HI/c1-4-19(5-2)21-13-20(31-27-21)14-26-24(25-3)29-16-22-23(17-29)30-12-11-28(22)15-18-9-7-6-8-10-18;/h6-10,13,19,22-23H,4-5,11-12,14-17H2,1-3H3,(H,25,26);1H. The second-order valence-electron chi connectivity index (χ2n) is 8.47. The van der Waals surface area contributed by atoms with Crippen LogP contribution < -0.4 is 5.32 Å². The molecule has 0 radical (unpaired) electrons. The zero-order valence-electron chi connectivity index (χ0n) is 19.4. The zero-order valence-corrected chi connectivity index (χ0v) is 21.7. The van der Waals surface area contributed by atoms with Crippen molar-refractivity contribution in [3.63, 3.8) is 0 Å². The highest BCUT2D eigenvalue weighted by Crippen LogP contribution is 2.25. The highest BCUT2D eigenvalue weighted by molar-refractivity contribution is 14.0. The molecular weight excluding hydrogens is 517 g/mol. The molecule has 0 bridgehead atoms. The van der Waals surface area contributed by atoms with Gasteiger partial charge in [0.05, 0.1) is 31.0 Å². The van der Waals surface area contributed by atoms with Gasteiger partial charge in [0, 0.05) is 45.2 Å². The Hall–Kier alpha value is -1.65. The molecule has 3 heterocycles. The number of morpholine rings is 1. The van der Waals surface area contributed by atoms with Gasteiger partial charge in [0.15, 0.2) is 11.7 Å². The van der Waals surface area contributed by atoms with E-state index in [2.05, 4.69) is 75.5 Å². The van der Waals surface area contributed by atoms with Crippen LogP contribution in [0.25, 0.3) is 0 Å². The number of aliphatic imine (C=N–C) groups is 1. The van der Waals surface area contributed by atoms with Gasteiger partial charge in [0.1, 0.15) is 0 Å². The van der Waals surface area contributed by atoms with Crippen molar-refractivity contribution in [2.45, 2.75) is 57.8 Å². The van der Waals surface area contributed by atoms with Gasteiger partial charge in [-0.2, -0.15) is 0 Å². The zero-order chi connectivity index (χ0) is 21.6. The summed E-state index contributed by atoms with van der Waals surface area (Å²) in [6.07, 6.45) is 2.36. The van der Waals surface area contributed by atoms with E-state index in [0.29, 0.717) is 18.5 Å². The number of nitrogens with one attached hydrogen (secondary N) is 1. The molecule has 2 atom stereocenters. The molecule has 2 aliphatic rings. The predicted molar refractivity (Wildman–Crippen MR) is 137 cm³/mol. The largest absolute Gasteiger partial charge is 0.373 e. The first-order chi connectivity index (χ1) is 15.2. The highest BCUT2D eigenvalue weighted by Gasteiger charge is 2.41. The Balaban J connectivity index is 0.00000289. The van der Waals surface area contributed by atoms with Crippen LogP contribution in [0.5, 0.6) is 0 Å². The summed E-state index contributed by atoms with van der Waals surface area (Å²) in [5.74, 6) is 2.20. The number of aromatic nitrogens is 1. The van der Waals surface area contributed by atoms with Gasteiger partial charge in [0.25, 0.3) is 0 Å². The summed E-state index contributed by atoms with van der Waals surface area (Å²) in [6.45, 7) is 9.44. The molecule has 1 N–H and O–H groups in total. The molecule has 0 spiro atoms. The van der Waals surface area contributed by atoms with Crippen LogP contribution >= 0.6 is 24.0 Å². The minimum Gasteiger partial charge on any atom is -0.373 e. The van der Waals surface area contributed by atoms with Crippen molar-refractivity contribution in [3.8, 4) is 0 Å². The van der Waals surface area contributed by atoms with Gasteiger partial charge in [-0.1, -0.05) is 49.3 Å². The summed E-state index contributed by atoms with van der Waals surface area (Å²) in [4.78, 5) is 9.37. The number of ether oxygens (including phenoxy) is 1. The lowest BCUT2D eigenvalue weighted by atomic mass is 9.99. The Kier molecular flexibility index (Phi) is 9.36. The Morgan fingerprint density at radius 2 is 2.00 bits per heavy atom. The molecule has 2 saturated heterocycles. The molecule has 0 aliphatic carbocycles. The Morgan fingerprint density at radius 3 is 2.72 bits per heavy atom. The normalized spacial score (nSPS) is 21.5. The monoisotopic (exact) mass is 553 g/mol. The van der Waals surface area contributed by atoms with Crippen molar-refractivity contribution >= 4 is 29.9 Å². The molecule has 2 unspecified atom stereocenters. The number of rotatable bonds is 7. The van der Waals surface area contributed by atoms with E-state index in [1.54, 1.807) is 0 Å². The second-order valence-corrected chi connectivity index (χ2v) is 8.47. The molecule has 1 aromatic heterocycles. The Morgan fingerprint density at radius 1 is 1.22 bits per heavy atom. The van der Waals surface area contributed by atoms with Gasteiger partial charge in [0.2, 0.25) is 0 Å². The molecule has 7 nitrogen and oxygen atoms in total. The average molecular weight is 553 g/mol. The second kappa shape index (κ2) is 12.0. The minimum absolute atomic E-state index is 0. The molecule has 2 aliphatic heterocycles. The van der Waals surface area contributed by atoms with E-state index in [-0.39, 0.29) is 30.1 Å². The fourth-order valence-electron chi connectivity index (χ4n) is 4.76. The van der Waals surface area contributed by atoms with Gasteiger partial charge in [-0.15, -0.1) is 24.0 Å². The lowest BCUT2D eigenvalue weighted by Crippen LogP contribution is -2.50. The van der Waals surface area contributed by atoms with Crippen LogP contribution in [-0.4, -0.2) is 66.4 Å². The number of halogens is 1. The summed E-state index contributed by atoms with van der Waals surface area (Å²) in [6, 6.07) is 13.1. The third-order valence-corrected chi connectivity index (χ3v) is 6.56. The summed E-state index contributed by atoms with van der Waals surface area (Å²) in [7, 11) is 1.84. The fourth-order valence-corrected chi connectivity index (χ4v) is 4.76. The van der Waals surface area contributed by atoms with Crippen LogP contribution in [0, 0.1) is 0 Å². The van der Waals surface area contributed by atoms with E-state index in [1.165, 1.54) is 5.56 Å². The maximum absolute atomic E-state index is 6.12. The SMILES string of the molecule is CCC(CC)c1cc(CNC(=NC)N2CC3OCCN(Cc4ccccc4)C3C2)on1.I. The van der Waals surface area contributed by atoms with E-state index < -0.39 is 0 Å². The van der Waals surface area contributed by atoms with Crippen molar-refractivity contribution < 1.29 is 9.26 Å². The summed E-state index contributed by atoms with van der Waals surface area (Å²) in [5.41, 5.74) is 2.40. The third-order valence-electron chi connectivity index (χ3n) is 6.56. The van der Waals surface area contributed by atoms with Gasteiger partial charge in [-0.25, -0.2) is 0 Å². The van der Waals surface area contributed by atoms with Crippen molar-refractivity contribution in [1.29, 1.82) is 0 Å². The van der Waals surface area contributed by atoms with Crippen molar-refractivity contribution in [1.82, 2.24) is 20.3 Å². The topological polar surface area (TPSA) is 66.1 Å². The fraction of sp³-hybridized carbons (Fsp3) is 0.583. The van der Waals surface area contributed by atoms with Crippen LogP contribution in [0.1, 0.15) is 49.6 Å². The van der Waals surface area contributed by atoms with E-state index in [1.807, 2.05) is 7.05 Å². The smallest absolute Gasteiger partial charge is 0.194 e. The van der Waals surface area contributed by atoms with Crippen LogP contribution in [0.15, 0.2) is 45.9 Å². The van der Waals surface area contributed by atoms with E-state index in [0.717, 1.165) is 63.0 Å². The first kappa shape index (κ1) is 25.0. The number of guanidine groups is 1. The summed E-state index contributed by atoms with van der Waals surface area (Å²) in [5, 5.41) is 7.73. The number of hydrogen-bond acceptors (Lipinski definition) is 5. The van der Waals surface area contributed by atoms with Gasteiger partial charge in [-0.3, -0.25) is 9.89 Å². The number of benzene rings is 1. The Labute approximate surface area is 208 Å². The summed E-state index contributed by atoms with van der Waals surface area (Å²) >= 11 is 0. The molecule has 2 aromatic rings. The average Bonchev–Trinajstić information content (AvgIpc) is 3.44. The molecule has 32 heavy (non-hydrogen) atoms. The number of fused-ring (bicyclic) bond motifs is 1. The molecular formula is C24H36IN5O2. The molecule has 1 aromatic carbocycles. The van der Waals surface area contributed by atoms with E-state index >= 15 is 0 Å². The van der Waals surface area contributed by atoms with Gasteiger partial charge < -0.3 is 19.5 Å². The van der Waals surface area contributed by atoms with Gasteiger partial charge in [-0.05, 0) is 18.4 Å². The first-order valence-electron chi connectivity index (χ1n) is 11.5. The van der Waals surface area contributed by atoms with Crippen LogP contribution in [0.2, 0.25) is 0 Å². The first-order valence-corrected chi connectivity index (χ1v) is 11.5. The number of hydrogen-bond donors (Lipinski definition) is 1. The number of nitrogens with zero attached hydrogens (tertiary/aromatic N) is 4. The summed E-state index contributed by atoms with van der Waals surface area (Å²) < 4.78 is 11.7. The van der Waals surface area contributed by atoms with Crippen molar-refractivity contribution in [2.75, 3.05) is 33.3 Å². The molecule has 0 amide bonds. The molecule has 2 fully saturated rings. The lowest BCUT2D eigenvalue weighted by Gasteiger charge is -2.36.